The molecule has 0 unspecified atom stereocenters. The maximum atomic E-state index is 9.07. The van der Waals surface area contributed by atoms with Crippen LogP contribution in [0, 0.1) is 0 Å². The Morgan fingerprint density at radius 1 is 1.25 bits per heavy atom. The third-order valence-corrected chi connectivity index (χ3v) is 3.81. The summed E-state index contributed by atoms with van der Waals surface area (Å²) in [5.74, 6) is 2.20. The Hall–Kier alpha value is -2.87. The van der Waals surface area contributed by atoms with E-state index in [0.717, 1.165) is 16.9 Å². The molecule has 4 rings (SSSR count). The van der Waals surface area contributed by atoms with Gasteiger partial charge in [0, 0.05) is 0 Å². The van der Waals surface area contributed by atoms with Crippen LogP contribution in [0.4, 0.5) is 5.82 Å². The largest absolute Gasteiger partial charge is 0.486 e. The number of para-hydroxylation sites is 2. The Kier molecular flexibility index (Phi) is 3.87. The lowest BCUT2D eigenvalue weighted by Crippen LogP contribution is -2.35. The lowest BCUT2D eigenvalue weighted by Gasteiger charge is -2.26. The molecule has 0 spiro atoms. The Morgan fingerprint density at radius 2 is 2.12 bits per heavy atom. The fraction of sp³-hybridized carbons (Fsp3) is 0.312. The molecule has 8 heteroatoms. The molecule has 0 fully saturated rings. The molecule has 2 N–H and O–H groups in total. The number of nitrogens with one attached hydrogen (secondary N) is 1. The summed E-state index contributed by atoms with van der Waals surface area (Å²) in [7, 11) is 0. The van der Waals surface area contributed by atoms with Crippen LogP contribution in [0.25, 0.3) is 11.0 Å². The van der Waals surface area contributed by atoms with Crippen molar-refractivity contribution in [2.75, 3.05) is 25.1 Å². The van der Waals surface area contributed by atoms with Crippen LogP contribution < -0.4 is 14.8 Å². The summed E-state index contributed by atoms with van der Waals surface area (Å²) in [4.78, 5) is 8.50. The normalized spacial score (nSPS) is 16.3. The Morgan fingerprint density at radius 3 is 3.00 bits per heavy atom. The molecule has 3 heterocycles. The quantitative estimate of drug-likeness (QED) is 0.724. The number of nitrogens with zero attached hydrogens (tertiary/aromatic N) is 4. The topological polar surface area (TPSA) is 94.3 Å². The van der Waals surface area contributed by atoms with E-state index in [2.05, 4.69) is 20.4 Å². The van der Waals surface area contributed by atoms with Gasteiger partial charge in [0.15, 0.2) is 17.1 Å². The van der Waals surface area contributed by atoms with Crippen molar-refractivity contribution < 1.29 is 14.6 Å². The number of hydrogen-bond acceptors (Lipinski definition) is 7. The summed E-state index contributed by atoms with van der Waals surface area (Å²) in [6.07, 6.45) is 3.06. The van der Waals surface area contributed by atoms with Crippen LogP contribution in [-0.2, 0) is 6.54 Å². The molecule has 0 amide bonds. The minimum atomic E-state index is -0.114. The van der Waals surface area contributed by atoms with Crippen molar-refractivity contribution in [1.29, 1.82) is 0 Å². The molecule has 0 aliphatic carbocycles. The molecule has 124 valence electrons. The van der Waals surface area contributed by atoms with Gasteiger partial charge in [-0.3, -0.25) is 0 Å². The smallest absolute Gasteiger partial charge is 0.163 e. The standard InChI is InChI=1S/C16H17N5O3/c22-6-5-21-16-12(8-20-21)15(18-10-19-16)17-7-11-9-23-13-3-1-2-4-14(13)24-11/h1-4,8,10-11,22H,5-7,9H2,(H,17,18,19)/t11-/m0/s1. The van der Waals surface area contributed by atoms with Crippen molar-refractivity contribution >= 4 is 16.9 Å². The molecule has 1 aliphatic rings. The van der Waals surface area contributed by atoms with Gasteiger partial charge in [-0.2, -0.15) is 5.10 Å². The average molecular weight is 327 g/mol. The monoisotopic (exact) mass is 327 g/mol. The van der Waals surface area contributed by atoms with E-state index in [9.17, 15) is 0 Å². The van der Waals surface area contributed by atoms with Gasteiger partial charge in [-0.25, -0.2) is 14.6 Å². The third-order valence-electron chi connectivity index (χ3n) is 3.81. The highest BCUT2D eigenvalue weighted by molar-refractivity contribution is 5.86. The number of aliphatic hydroxyl groups excluding tert-OH is 1. The second kappa shape index (κ2) is 6.32. The zero-order valence-corrected chi connectivity index (χ0v) is 12.9. The van der Waals surface area contributed by atoms with Gasteiger partial charge < -0.3 is 19.9 Å². The minimum Gasteiger partial charge on any atom is -0.486 e. The van der Waals surface area contributed by atoms with Crippen LogP contribution in [0.2, 0.25) is 0 Å². The van der Waals surface area contributed by atoms with Crippen LogP contribution in [0.5, 0.6) is 11.5 Å². The molecule has 3 aromatic rings. The Labute approximate surface area is 138 Å². The van der Waals surface area contributed by atoms with Crippen molar-refractivity contribution in [3.05, 3.63) is 36.8 Å². The number of hydrogen-bond donors (Lipinski definition) is 2. The molecule has 1 aliphatic heterocycles. The number of benzene rings is 1. The van der Waals surface area contributed by atoms with Gasteiger partial charge in [-0.05, 0) is 12.1 Å². The van der Waals surface area contributed by atoms with Gasteiger partial charge in [-0.15, -0.1) is 0 Å². The van der Waals surface area contributed by atoms with Gasteiger partial charge >= 0.3 is 0 Å². The number of aliphatic hydroxyl groups is 1. The van der Waals surface area contributed by atoms with E-state index in [1.54, 1.807) is 10.9 Å². The zero-order chi connectivity index (χ0) is 16.4. The van der Waals surface area contributed by atoms with E-state index in [1.165, 1.54) is 6.33 Å². The summed E-state index contributed by atoms with van der Waals surface area (Å²) >= 11 is 0. The lowest BCUT2D eigenvalue weighted by molar-refractivity contribution is 0.0997. The highest BCUT2D eigenvalue weighted by Gasteiger charge is 2.21. The molecular formula is C16H17N5O3. The van der Waals surface area contributed by atoms with Gasteiger partial charge in [0.05, 0.1) is 31.3 Å². The Bertz CT molecular complexity index is 851. The van der Waals surface area contributed by atoms with Crippen LogP contribution in [-0.4, -0.2) is 50.7 Å². The SMILES string of the molecule is OCCn1ncc2c(NC[C@H]3COc4ccccc4O3)ncnc21. The van der Waals surface area contributed by atoms with E-state index in [4.69, 9.17) is 14.6 Å². The highest BCUT2D eigenvalue weighted by Crippen LogP contribution is 2.31. The van der Waals surface area contributed by atoms with Crippen LogP contribution >= 0.6 is 0 Å². The van der Waals surface area contributed by atoms with E-state index >= 15 is 0 Å². The summed E-state index contributed by atoms with van der Waals surface area (Å²) < 4.78 is 13.3. The first kappa shape index (κ1) is 14.7. The zero-order valence-electron chi connectivity index (χ0n) is 12.9. The molecule has 2 aromatic heterocycles. The number of ether oxygens (including phenoxy) is 2. The molecule has 0 radical (unpaired) electrons. The van der Waals surface area contributed by atoms with E-state index in [0.29, 0.717) is 31.2 Å². The number of rotatable bonds is 5. The molecule has 0 saturated heterocycles. The second-order valence-electron chi connectivity index (χ2n) is 5.43. The molecule has 0 bridgehead atoms. The number of aromatic nitrogens is 4. The lowest BCUT2D eigenvalue weighted by atomic mass is 10.2. The maximum Gasteiger partial charge on any atom is 0.163 e. The molecule has 1 atom stereocenters. The van der Waals surface area contributed by atoms with Gasteiger partial charge in [0.2, 0.25) is 0 Å². The average Bonchev–Trinajstić information content (AvgIpc) is 3.04. The van der Waals surface area contributed by atoms with E-state index in [1.807, 2.05) is 24.3 Å². The van der Waals surface area contributed by atoms with E-state index < -0.39 is 0 Å². The maximum absolute atomic E-state index is 9.07. The van der Waals surface area contributed by atoms with Crippen molar-refractivity contribution in [3.8, 4) is 11.5 Å². The summed E-state index contributed by atoms with van der Waals surface area (Å²) in [5.41, 5.74) is 0.688. The number of anilines is 1. The summed E-state index contributed by atoms with van der Waals surface area (Å²) in [5, 5.41) is 17.4. The third kappa shape index (κ3) is 2.71. The van der Waals surface area contributed by atoms with Crippen molar-refractivity contribution in [1.82, 2.24) is 19.7 Å². The minimum absolute atomic E-state index is 0.0101. The molecule has 1 aromatic carbocycles. The molecule has 0 saturated carbocycles. The number of fused-ring (bicyclic) bond motifs is 2. The molecule has 24 heavy (non-hydrogen) atoms. The van der Waals surface area contributed by atoms with Gasteiger partial charge in [-0.1, -0.05) is 12.1 Å². The van der Waals surface area contributed by atoms with Crippen molar-refractivity contribution in [2.45, 2.75) is 12.6 Å². The van der Waals surface area contributed by atoms with Crippen LogP contribution in [0.1, 0.15) is 0 Å². The highest BCUT2D eigenvalue weighted by atomic mass is 16.6. The van der Waals surface area contributed by atoms with Crippen LogP contribution in [0.3, 0.4) is 0 Å². The predicted octanol–water partition coefficient (Wildman–Crippen LogP) is 1.07. The fourth-order valence-corrected chi connectivity index (χ4v) is 2.67. The van der Waals surface area contributed by atoms with Gasteiger partial charge in [0.25, 0.3) is 0 Å². The summed E-state index contributed by atoms with van der Waals surface area (Å²) in [6, 6.07) is 7.62. The first-order valence-electron chi connectivity index (χ1n) is 7.75. The van der Waals surface area contributed by atoms with Crippen LogP contribution in [0.15, 0.2) is 36.8 Å². The fourth-order valence-electron chi connectivity index (χ4n) is 2.67. The Balaban J connectivity index is 1.48. The van der Waals surface area contributed by atoms with E-state index in [-0.39, 0.29) is 12.7 Å². The summed E-state index contributed by atoms with van der Waals surface area (Å²) in [6.45, 7) is 1.43. The molecular weight excluding hydrogens is 310 g/mol. The van der Waals surface area contributed by atoms with Crippen molar-refractivity contribution in [3.63, 3.8) is 0 Å². The predicted molar refractivity (Wildman–Crippen MR) is 87.3 cm³/mol. The van der Waals surface area contributed by atoms with Crippen molar-refractivity contribution in [2.24, 2.45) is 0 Å². The first-order valence-corrected chi connectivity index (χ1v) is 7.75. The molecule has 8 nitrogen and oxygen atoms in total. The first-order chi connectivity index (χ1) is 11.8. The van der Waals surface area contributed by atoms with Gasteiger partial charge in [0.1, 0.15) is 24.9 Å². The second-order valence-corrected chi connectivity index (χ2v) is 5.43.